The molecule has 1 amide bonds. The number of rotatable bonds is 2. The third-order valence-electron chi connectivity index (χ3n) is 3.00. The van der Waals surface area contributed by atoms with Gasteiger partial charge in [-0.1, -0.05) is 0 Å². The van der Waals surface area contributed by atoms with Crippen molar-refractivity contribution >= 4 is 11.6 Å². The molecule has 1 aliphatic heterocycles. The summed E-state index contributed by atoms with van der Waals surface area (Å²) >= 11 is 0. The Bertz CT molecular complexity index is 375. The van der Waals surface area contributed by atoms with Crippen molar-refractivity contribution in [3.63, 3.8) is 0 Å². The second-order valence-corrected chi connectivity index (χ2v) is 4.17. The van der Waals surface area contributed by atoms with Crippen molar-refractivity contribution in [2.45, 2.75) is 19.4 Å². The molecule has 0 saturated carbocycles. The minimum atomic E-state index is 0.0359. The van der Waals surface area contributed by atoms with E-state index in [1.807, 2.05) is 6.92 Å². The van der Waals surface area contributed by atoms with Crippen LogP contribution in [0.4, 0.5) is 5.69 Å². The number of hydrogen-bond acceptors (Lipinski definition) is 3. The van der Waals surface area contributed by atoms with Gasteiger partial charge in [0.2, 0.25) is 5.91 Å². The number of carbonyl (C=O) groups excluding carboxylic acids is 1. The fraction of sp³-hybridized carbons (Fsp3) is 0.417. The van der Waals surface area contributed by atoms with Crippen molar-refractivity contribution < 1.29 is 9.90 Å². The molecule has 2 atom stereocenters. The van der Waals surface area contributed by atoms with E-state index in [9.17, 15) is 4.79 Å². The van der Waals surface area contributed by atoms with Crippen molar-refractivity contribution in [1.82, 2.24) is 5.32 Å². The van der Waals surface area contributed by atoms with Crippen molar-refractivity contribution in [3.05, 3.63) is 24.3 Å². The van der Waals surface area contributed by atoms with E-state index in [1.165, 1.54) is 0 Å². The zero-order valence-corrected chi connectivity index (χ0v) is 9.23. The summed E-state index contributed by atoms with van der Waals surface area (Å²) in [6, 6.07) is 6.75. The summed E-state index contributed by atoms with van der Waals surface area (Å²) in [7, 11) is 0. The van der Waals surface area contributed by atoms with Crippen LogP contribution in [0.1, 0.15) is 13.3 Å². The number of benzene rings is 1. The minimum Gasteiger partial charge on any atom is -0.508 e. The van der Waals surface area contributed by atoms with Gasteiger partial charge < -0.3 is 15.7 Å². The van der Waals surface area contributed by atoms with Crippen LogP contribution in [-0.4, -0.2) is 23.6 Å². The average molecular weight is 220 g/mol. The number of anilines is 1. The number of carbonyl (C=O) groups is 1. The third-order valence-corrected chi connectivity index (χ3v) is 3.00. The van der Waals surface area contributed by atoms with Gasteiger partial charge in [-0.05, 0) is 44.2 Å². The molecule has 3 N–H and O–H groups in total. The Kier molecular flexibility index (Phi) is 3.10. The SMILES string of the molecule is CC1NCCC1C(=O)Nc1ccc(O)cc1. The molecule has 0 aliphatic carbocycles. The first-order valence-electron chi connectivity index (χ1n) is 5.50. The van der Waals surface area contributed by atoms with Gasteiger partial charge in [-0.2, -0.15) is 0 Å². The lowest BCUT2D eigenvalue weighted by Gasteiger charge is -2.14. The van der Waals surface area contributed by atoms with Crippen LogP contribution in [0.15, 0.2) is 24.3 Å². The van der Waals surface area contributed by atoms with Gasteiger partial charge in [-0.25, -0.2) is 0 Å². The predicted octanol–water partition coefficient (Wildman–Crippen LogP) is 1.33. The first kappa shape index (κ1) is 11.0. The van der Waals surface area contributed by atoms with E-state index >= 15 is 0 Å². The Morgan fingerprint density at radius 1 is 1.44 bits per heavy atom. The lowest BCUT2D eigenvalue weighted by molar-refractivity contribution is -0.120. The summed E-state index contributed by atoms with van der Waals surface area (Å²) in [6.07, 6.45) is 0.880. The summed E-state index contributed by atoms with van der Waals surface area (Å²) in [5, 5.41) is 15.2. The molecule has 0 spiro atoms. The van der Waals surface area contributed by atoms with Crippen LogP contribution in [0.5, 0.6) is 5.75 Å². The van der Waals surface area contributed by atoms with Crippen molar-refractivity contribution in [2.75, 3.05) is 11.9 Å². The van der Waals surface area contributed by atoms with Crippen LogP contribution in [-0.2, 0) is 4.79 Å². The zero-order chi connectivity index (χ0) is 11.5. The molecule has 16 heavy (non-hydrogen) atoms. The molecule has 1 fully saturated rings. The highest BCUT2D eigenvalue weighted by Gasteiger charge is 2.29. The number of nitrogens with one attached hydrogen (secondary N) is 2. The fourth-order valence-electron chi connectivity index (χ4n) is 2.00. The normalized spacial score (nSPS) is 24.3. The van der Waals surface area contributed by atoms with E-state index in [2.05, 4.69) is 10.6 Å². The Hall–Kier alpha value is -1.55. The molecule has 0 aromatic heterocycles. The number of amides is 1. The van der Waals surface area contributed by atoms with Crippen LogP contribution in [0.2, 0.25) is 0 Å². The highest BCUT2D eigenvalue weighted by Crippen LogP contribution is 2.19. The topological polar surface area (TPSA) is 61.4 Å². The van der Waals surface area contributed by atoms with E-state index < -0.39 is 0 Å². The number of phenols is 1. The van der Waals surface area contributed by atoms with Gasteiger partial charge in [0.25, 0.3) is 0 Å². The highest BCUT2D eigenvalue weighted by molar-refractivity contribution is 5.93. The predicted molar refractivity (Wildman–Crippen MR) is 62.3 cm³/mol. The maximum absolute atomic E-state index is 11.9. The molecule has 1 aromatic carbocycles. The Morgan fingerprint density at radius 2 is 2.12 bits per heavy atom. The van der Waals surface area contributed by atoms with Gasteiger partial charge in [0, 0.05) is 11.7 Å². The van der Waals surface area contributed by atoms with Gasteiger partial charge in [0.15, 0.2) is 0 Å². The molecule has 4 heteroatoms. The lowest BCUT2D eigenvalue weighted by Crippen LogP contribution is -2.32. The lowest BCUT2D eigenvalue weighted by atomic mass is 10.0. The Labute approximate surface area is 94.7 Å². The summed E-state index contributed by atoms with van der Waals surface area (Å²) < 4.78 is 0. The van der Waals surface area contributed by atoms with Crippen molar-refractivity contribution in [2.24, 2.45) is 5.92 Å². The van der Waals surface area contributed by atoms with E-state index in [4.69, 9.17) is 5.11 Å². The molecule has 0 bridgehead atoms. The highest BCUT2D eigenvalue weighted by atomic mass is 16.3. The van der Waals surface area contributed by atoms with Crippen LogP contribution in [0.3, 0.4) is 0 Å². The number of phenolic OH excluding ortho intramolecular Hbond substituents is 1. The van der Waals surface area contributed by atoms with Crippen molar-refractivity contribution in [1.29, 1.82) is 0 Å². The summed E-state index contributed by atoms with van der Waals surface area (Å²) in [6.45, 7) is 2.92. The molecule has 1 aliphatic rings. The quantitative estimate of drug-likeness (QED) is 0.659. The first-order chi connectivity index (χ1) is 7.66. The van der Waals surface area contributed by atoms with Gasteiger partial charge in [-0.15, -0.1) is 0 Å². The fourth-order valence-corrected chi connectivity index (χ4v) is 2.00. The summed E-state index contributed by atoms with van der Waals surface area (Å²) in [5.41, 5.74) is 0.724. The summed E-state index contributed by atoms with van der Waals surface area (Å²) in [4.78, 5) is 11.9. The second-order valence-electron chi connectivity index (χ2n) is 4.17. The number of aromatic hydroxyl groups is 1. The largest absolute Gasteiger partial charge is 0.508 e. The van der Waals surface area contributed by atoms with Gasteiger partial charge >= 0.3 is 0 Å². The van der Waals surface area contributed by atoms with Gasteiger partial charge in [0.05, 0.1) is 5.92 Å². The van der Waals surface area contributed by atoms with Crippen LogP contribution >= 0.6 is 0 Å². The van der Waals surface area contributed by atoms with Gasteiger partial charge in [0.1, 0.15) is 5.75 Å². The first-order valence-corrected chi connectivity index (χ1v) is 5.50. The summed E-state index contributed by atoms with van der Waals surface area (Å²) in [5.74, 6) is 0.283. The molecule has 2 unspecified atom stereocenters. The zero-order valence-electron chi connectivity index (χ0n) is 9.23. The molecular weight excluding hydrogens is 204 g/mol. The molecule has 2 rings (SSSR count). The van der Waals surface area contributed by atoms with Crippen LogP contribution in [0, 0.1) is 5.92 Å². The Morgan fingerprint density at radius 3 is 2.69 bits per heavy atom. The molecule has 1 heterocycles. The molecule has 4 nitrogen and oxygen atoms in total. The minimum absolute atomic E-state index is 0.0359. The average Bonchev–Trinajstić information content (AvgIpc) is 2.68. The number of hydrogen-bond donors (Lipinski definition) is 3. The van der Waals surface area contributed by atoms with E-state index in [-0.39, 0.29) is 23.6 Å². The van der Waals surface area contributed by atoms with Crippen LogP contribution < -0.4 is 10.6 Å². The van der Waals surface area contributed by atoms with Gasteiger partial charge in [-0.3, -0.25) is 4.79 Å². The third kappa shape index (κ3) is 2.33. The van der Waals surface area contributed by atoms with E-state index in [0.717, 1.165) is 18.7 Å². The molecule has 86 valence electrons. The second kappa shape index (κ2) is 4.53. The standard InChI is InChI=1S/C12H16N2O2/c1-8-11(6-7-13-8)12(16)14-9-2-4-10(15)5-3-9/h2-5,8,11,13,15H,6-7H2,1H3,(H,14,16). The molecule has 1 saturated heterocycles. The maximum atomic E-state index is 11.9. The molecule has 0 radical (unpaired) electrons. The monoisotopic (exact) mass is 220 g/mol. The molecular formula is C12H16N2O2. The smallest absolute Gasteiger partial charge is 0.229 e. The van der Waals surface area contributed by atoms with Crippen molar-refractivity contribution in [3.8, 4) is 5.75 Å². The van der Waals surface area contributed by atoms with Crippen LogP contribution in [0.25, 0.3) is 0 Å². The maximum Gasteiger partial charge on any atom is 0.229 e. The van der Waals surface area contributed by atoms with E-state index in [0.29, 0.717) is 0 Å². The Balaban J connectivity index is 1.99. The van der Waals surface area contributed by atoms with E-state index in [1.54, 1.807) is 24.3 Å². The molecule has 1 aromatic rings.